The molecule has 0 aliphatic carbocycles. The van der Waals surface area contributed by atoms with Gasteiger partial charge in [-0.1, -0.05) is 71.9 Å². The smallest absolute Gasteiger partial charge is 0.224 e. The Kier molecular flexibility index (Phi) is 9.37. The molecule has 4 aromatic rings. The van der Waals surface area contributed by atoms with Crippen LogP contribution in [0.3, 0.4) is 0 Å². The Morgan fingerprint density at radius 1 is 0.857 bits per heavy atom. The maximum absolute atomic E-state index is 11.5. The molecule has 0 unspecified atom stereocenters. The number of ketones is 1. The van der Waals surface area contributed by atoms with Gasteiger partial charge in [0.2, 0.25) is 5.88 Å². The van der Waals surface area contributed by atoms with Crippen LogP contribution in [0.15, 0.2) is 84.8 Å². The van der Waals surface area contributed by atoms with Crippen molar-refractivity contribution < 1.29 is 34.7 Å². The number of aliphatic hydroxyl groups excluding tert-OH is 1. The van der Waals surface area contributed by atoms with E-state index in [-0.39, 0.29) is 37.1 Å². The van der Waals surface area contributed by atoms with E-state index in [1.165, 1.54) is 16.8 Å². The maximum Gasteiger partial charge on any atom is 0.224 e. The van der Waals surface area contributed by atoms with E-state index in [1.54, 1.807) is 6.20 Å². The predicted octanol–water partition coefficient (Wildman–Crippen LogP) is 8.07. The minimum Gasteiger partial charge on any atom is -0.512 e. The van der Waals surface area contributed by atoms with Crippen LogP contribution in [0.25, 0.3) is 21.5 Å². The molecule has 0 aliphatic rings. The summed E-state index contributed by atoms with van der Waals surface area (Å²) in [4.78, 5) is 15.9. The van der Waals surface area contributed by atoms with Crippen molar-refractivity contribution in [1.82, 2.24) is 4.98 Å². The Labute approximate surface area is 221 Å². The molecule has 0 aliphatic heterocycles. The third-order valence-corrected chi connectivity index (χ3v) is 5.30. The normalized spacial score (nSPS) is 11.9. The van der Waals surface area contributed by atoms with E-state index in [1.807, 2.05) is 84.0 Å². The Hall–Kier alpha value is -3.01. The van der Waals surface area contributed by atoms with Crippen LogP contribution in [0.4, 0.5) is 0 Å². The van der Waals surface area contributed by atoms with E-state index in [4.69, 9.17) is 4.74 Å². The van der Waals surface area contributed by atoms with Gasteiger partial charge in [0, 0.05) is 54.3 Å². The molecule has 0 bridgehead atoms. The second-order valence-corrected chi connectivity index (χ2v) is 10.2. The molecule has 35 heavy (non-hydrogen) atoms. The molecule has 0 saturated carbocycles. The third kappa shape index (κ3) is 7.48. The number of aliphatic hydroxyl groups is 1. The van der Waals surface area contributed by atoms with Crippen LogP contribution in [0.1, 0.15) is 41.5 Å². The number of nitrogens with zero attached hydrogens (tertiary/aromatic N) is 1. The SMILES string of the molecule is CC(C)(C)C(=O)/C=C(\O)C(C)(C)C.[Ir].[c-]1ccccc1Oc1nccc2c1ccc1ccccc12. The first kappa shape index (κ1) is 28.2. The zero-order valence-electron chi connectivity index (χ0n) is 21.0. The van der Waals surface area contributed by atoms with Crippen molar-refractivity contribution in [3.05, 3.63) is 90.8 Å². The van der Waals surface area contributed by atoms with Crippen molar-refractivity contribution in [2.45, 2.75) is 41.5 Å². The fourth-order valence-electron chi connectivity index (χ4n) is 3.09. The number of ether oxygens (including phenoxy) is 1. The molecule has 1 heterocycles. The van der Waals surface area contributed by atoms with E-state index in [2.05, 4.69) is 35.3 Å². The van der Waals surface area contributed by atoms with Gasteiger partial charge in [0.25, 0.3) is 0 Å². The average Bonchev–Trinajstić information content (AvgIpc) is 2.79. The molecular formula is C30H32IrNO3-. The number of para-hydroxylation sites is 1. The number of hydrogen-bond acceptors (Lipinski definition) is 4. The molecular weight excluding hydrogens is 615 g/mol. The number of hydrogen-bond donors (Lipinski definition) is 1. The molecule has 0 fully saturated rings. The summed E-state index contributed by atoms with van der Waals surface area (Å²) in [6, 6.07) is 25.1. The van der Waals surface area contributed by atoms with Crippen LogP contribution in [0, 0.1) is 16.9 Å². The summed E-state index contributed by atoms with van der Waals surface area (Å²) in [6.45, 7) is 11.1. The van der Waals surface area contributed by atoms with Crippen LogP contribution < -0.4 is 4.74 Å². The number of benzene rings is 3. The van der Waals surface area contributed by atoms with Crippen molar-refractivity contribution in [2.75, 3.05) is 0 Å². The van der Waals surface area contributed by atoms with Crippen LogP contribution in [0.5, 0.6) is 11.6 Å². The van der Waals surface area contributed by atoms with Crippen molar-refractivity contribution in [1.29, 1.82) is 0 Å². The van der Waals surface area contributed by atoms with Crippen LogP contribution in [-0.4, -0.2) is 15.9 Å². The number of allylic oxidation sites excluding steroid dienone is 2. The summed E-state index contributed by atoms with van der Waals surface area (Å²) in [5, 5.41) is 14.1. The minimum atomic E-state index is -0.417. The van der Waals surface area contributed by atoms with Crippen LogP contribution in [-0.2, 0) is 24.9 Å². The summed E-state index contributed by atoms with van der Waals surface area (Å²) in [7, 11) is 0. The van der Waals surface area contributed by atoms with Gasteiger partial charge in [0.15, 0.2) is 5.78 Å². The average molecular weight is 647 g/mol. The molecule has 4 nitrogen and oxygen atoms in total. The number of rotatable bonds is 3. The molecule has 0 saturated heterocycles. The predicted molar refractivity (Wildman–Crippen MR) is 139 cm³/mol. The Morgan fingerprint density at radius 3 is 2.17 bits per heavy atom. The van der Waals surface area contributed by atoms with E-state index >= 15 is 0 Å². The molecule has 1 radical (unpaired) electrons. The fraction of sp³-hybridized carbons (Fsp3) is 0.267. The summed E-state index contributed by atoms with van der Waals surface area (Å²) in [6.07, 6.45) is 3.12. The summed E-state index contributed by atoms with van der Waals surface area (Å²) in [5.41, 5.74) is -0.764. The second-order valence-electron chi connectivity index (χ2n) is 10.2. The van der Waals surface area contributed by atoms with Crippen molar-refractivity contribution in [2.24, 2.45) is 10.8 Å². The van der Waals surface area contributed by atoms with Gasteiger partial charge in [-0.3, -0.25) is 4.79 Å². The van der Waals surface area contributed by atoms with Gasteiger partial charge in [-0.25, -0.2) is 4.98 Å². The van der Waals surface area contributed by atoms with E-state index in [0.717, 1.165) is 10.8 Å². The Bertz CT molecular complexity index is 1320. The Morgan fingerprint density at radius 2 is 1.54 bits per heavy atom. The zero-order chi connectivity index (χ0) is 24.9. The summed E-state index contributed by atoms with van der Waals surface area (Å²) >= 11 is 0. The molecule has 0 amide bonds. The first-order chi connectivity index (χ1) is 16.0. The van der Waals surface area contributed by atoms with Crippen LogP contribution in [0.2, 0.25) is 0 Å². The first-order valence-electron chi connectivity index (χ1n) is 11.3. The topological polar surface area (TPSA) is 59.4 Å². The summed E-state index contributed by atoms with van der Waals surface area (Å²) in [5.74, 6) is 1.39. The Balaban J connectivity index is 0.000000271. The second kappa shape index (κ2) is 11.6. The van der Waals surface area contributed by atoms with E-state index in [9.17, 15) is 9.90 Å². The van der Waals surface area contributed by atoms with E-state index < -0.39 is 5.41 Å². The third-order valence-electron chi connectivity index (χ3n) is 5.30. The molecule has 0 atom stereocenters. The standard InChI is InChI=1S/C19H12NO.C11H20O2.Ir/c1-2-7-15(8-3-1)21-19-18-11-10-14-6-4-5-9-16(14)17(18)12-13-20-19;1-10(2,3)8(12)7-9(13)11(4,5)6;/h1-7,9-13H;7,12H,1-6H3;/q-1;;/b;8-7-;. The summed E-state index contributed by atoms with van der Waals surface area (Å²) < 4.78 is 5.87. The van der Waals surface area contributed by atoms with Crippen molar-refractivity contribution in [3.63, 3.8) is 0 Å². The molecule has 1 N–H and O–H groups in total. The first-order valence-corrected chi connectivity index (χ1v) is 11.3. The van der Waals surface area contributed by atoms with Crippen LogP contribution >= 0.6 is 0 Å². The van der Waals surface area contributed by atoms with E-state index in [0.29, 0.717) is 11.6 Å². The molecule has 185 valence electrons. The zero-order valence-corrected chi connectivity index (χ0v) is 23.4. The van der Waals surface area contributed by atoms with Gasteiger partial charge >= 0.3 is 0 Å². The molecule has 5 heteroatoms. The minimum absolute atomic E-state index is 0. The van der Waals surface area contributed by atoms with Gasteiger partial charge in [-0.15, -0.1) is 12.1 Å². The van der Waals surface area contributed by atoms with Crippen molar-refractivity contribution >= 4 is 27.3 Å². The largest absolute Gasteiger partial charge is 0.512 e. The van der Waals surface area contributed by atoms with Gasteiger partial charge in [0.1, 0.15) is 5.76 Å². The monoisotopic (exact) mass is 647 g/mol. The van der Waals surface area contributed by atoms with Gasteiger partial charge in [0.05, 0.1) is 0 Å². The van der Waals surface area contributed by atoms with Crippen molar-refractivity contribution in [3.8, 4) is 11.6 Å². The number of carbonyl (C=O) groups is 1. The fourth-order valence-corrected chi connectivity index (χ4v) is 3.09. The number of pyridine rings is 1. The quantitative estimate of drug-likeness (QED) is 0.106. The van der Waals surface area contributed by atoms with Gasteiger partial charge in [-0.2, -0.15) is 18.2 Å². The number of carbonyl (C=O) groups excluding carboxylic acids is 1. The number of fused-ring (bicyclic) bond motifs is 3. The van der Waals surface area contributed by atoms with Gasteiger partial charge in [-0.05, 0) is 28.3 Å². The molecule has 0 spiro atoms. The van der Waals surface area contributed by atoms with Gasteiger partial charge < -0.3 is 9.84 Å². The number of aromatic nitrogens is 1. The molecule has 1 aromatic heterocycles. The maximum atomic E-state index is 11.5. The molecule has 3 aromatic carbocycles. The molecule has 4 rings (SSSR count).